The third kappa shape index (κ3) is 2.27. The molecular formula is C13H17BrN2O2. The normalized spacial score (nSPS) is 22.7. The lowest BCUT2D eigenvalue weighted by molar-refractivity contribution is -0.169. The predicted octanol–water partition coefficient (Wildman–Crippen LogP) is 2.50. The Labute approximate surface area is 115 Å². The number of hydrogen-bond acceptors (Lipinski definition) is 4. The van der Waals surface area contributed by atoms with Gasteiger partial charge in [-0.3, -0.25) is 0 Å². The highest BCUT2D eigenvalue weighted by Gasteiger charge is 2.40. The van der Waals surface area contributed by atoms with Gasteiger partial charge in [0.2, 0.25) is 0 Å². The molecule has 1 aromatic heterocycles. The van der Waals surface area contributed by atoms with E-state index in [1.165, 1.54) is 5.56 Å². The number of aryl methyl sites for hydroxylation is 1. The maximum atomic E-state index is 5.73. The predicted molar refractivity (Wildman–Crippen MR) is 72.8 cm³/mol. The van der Waals surface area contributed by atoms with Crippen LogP contribution in [-0.4, -0.2) is 37.1 Å². The summed E-state index contributed by atoms with van der Waals surface area (Å²) in [7, 11) is 0. The lowest BCUT2D eigenvalue weighted by Crippen LogP contribution is -2.45. The number of pyridine rings is 1. The van der Waals surface area contributed by atoms with Gasteiger partial charge < -0.3 is 14.4 Å². The van der Waals surface area contributed by atoms with Gasteiger partial charge in [-0.2, -0.15) is 0 Å². The van der Waals surface area contributed by atoms with Crippen LogP contribution in [0.25, 0.3) is 0 Å². The van der Waals surface area contributed by atoms with Crippen molar-refractivity contribution in [3.8, 4) is 0 Å². The molecule has 0 N–H and O–H groups in total. The molecular weight excluding hydrogens is 296 g/mol. The summed E-state index contributed by atoms with van der Waals surface area (Å²) in [5, 5.41) is 0. The van der Waals surface area contributed by atoms with E-state index in [9.17, 15) is 0 Å². The van der Waals surface area contributed by atoms with Gasteiger partial charge in [0.25, 0.3) is 0 Å². The number of ether oxygens (including phenoxy) is 2. The largest absolute Gasteiger partial charge is 0.355 e. The average molecular weight is 313 g/mol. The monoisotopic (exact) mass is 312 g/mol. The molecule has 98 valence electrons. The van der Waals surface area contributed by atoms with Crippen molar-refractivity contribution in [2.75, 3.05) is 31.2 Å². The highest BCUT2D eigenvalue weighted by molar-refractivity contribution is 9.10. The van der Waals surface area contributed by atoms with Crippen LogP contribution in [0.2, 0.25) is 0 Å². The topological polar surface area (TPSA) is 34.6 Å². The lowest BCUT2D eigenvalue weighted by atomic mass is 10.0. The fourth-order valence-electron chi connectivity index (χ4n) is 2.60. The molecule has 0 radical (unpaired) electrons. The summed E-state index contributed by atoms with van der Waals surface area (Å²) in [6, 6.07) is 2.11. The summed E-state index contributed by atoms with van der Waals surface area (Å²) in [6.07, 6.45) is 3.73. The third-order valence-electron chi connectivity index (χ3n) is 3.60. The first-order valence-corrected chi connectivity index (χ1v) is 7.13. The van der Waals surface area contributed by atoms with Gasteiger partial charge in [0.05, 0.1) is 17.7 Å². The van der Waals surface area contributed by atoms with Crippen molar-refractivity contribution < 1.29 is 9.47 Å². The Morgan fingerprint density at radius 1 is 1.28 bits per heavy atom. The molecule has 0 unspecified atom stereocenters. The summed E-state index contributed by atoms with van der Waals surface area (Å²) in [4.78, 5) is 6.81. The van der Waals surface area contributed by atoms with E-state index < -0.39 is 0 Å². The fourth-order valence-corrected chi connectivity index (χ4v) is 3.32. The second-order valence-corrected chi connectivity index (χ2v) is 5.77. The summed E-state index contributed by atoms with van der Waals surface area (Å²) in [6.45, 7) is 5.36. The van der Waals surface area contributed by atoms with Gasteiger partial charge in [-0.25, -0.2) is 4.98 Å². The molecule has 2 fully saturated rings. The standard InChI is InChI=1S/C13H17BrN2O2/c1-10-8-11(14)12(15-9-10)16-4-2-13(3-5-16)17-6-7-18-13/h8-9H,2-7H2,1H3. The van der Waals surface area contributed by atoms with Gasteiger partial charge in [0.1, 0.15) is 5.82 Å². The van der Waals surface area contributed by atoms with E-state index in [-0.39, 0.29) is 5.79 Å². The van der Waals surface area contributed by atoms with Crippen LogP contribution in [-0.2, 0) is 9.47 Å². The first kappa shape index (κ1) is 12.4. The van der Waals surface area contributed by atoms with E-state index in [2.05, 4.69) is 31.9 Å². The molecule has 2 aliphatic rings. The molecule has 0 saturated carbocycles. The fraction of sp³-hybridized carbons (Fsp3) is 0.615. The number of halogens is 1. The van der Waals surface area contributed by atoms with Crippen LogP contribution in [0.3, 0.4) is 0 Å². The second-order valence-electron chi connectivity index (χ2n) is 4.91. The Kier molecular flexibility index (Phi) is 3.30. The van der Waals surface area contributed by atoms with E-state index in [1.807, 2.05) is 13.1 Å². The van der Waals surface area contributed by atoms with Crippen LogP contribution < -0.4 is 4.90 Å². The second kappa shape index (κ2) is 4.79. The van der Waals surface area contributed by atoms with Gasteiger partial charge >= 0.3 is 0 Å². The zero-order chi connectivity index (χ0) is 12.6. The van der Waals surface area contributed by atoms with Crippen molar-refractivity contribution in [1.29, 1.82) is 0 Å². The molecule has 0 aliphatic carbocycles. The molecule has 0 aromatic carbocycles. The first-order valence-electron chi connectivity index (χ1n) is 6.34. The van der Waals surface area contributed by atoms with E-state index in [1.54, 1.807) is 0 Å². The number of anilines is 1. The Bertz CT molecular complexity index is 437. The number of rotatable bonds is 1. The van der Waals surface area contributed by atoms with Gasteiger partial charge in [0.15, 0.2) is 5.79 Å². The van der Waals surface area contributed by atoms with Crippen LogP contribution in [0.1, 0.15) is 18.4 Å². The molecule has 0 atom stereocenters. The van der Waals surface area contributed by atoms with E-state index in [0.29, 0.717) is 0 Å². The summed E-state index contributed by atoms with van der Waals surface area (Å²) >= 11 is 3.59. The SMILES string of the molecule is Cc1cnc(N2CCC3(CC2)OCCO3)c(Br)c1. The first-order chi connectivity index (χ1) is 8.69. The van der Waals surface area contributed by atoms with Gasteiger partial charge in [0, 0.05) is 32.1 Å². The molecule has 3 rings (SSSR count). The number of nitrogens with zero attached hydrogens (tertiary/aromatic N) is 2. The maximum absolute atomic E-state index is 5.73. The Hall–Kier alpha value is -0.650. The highest BCUT2D eigenvalue weighted by atomic mass is 79.9. The molecule has 3 heterocycles. The van der Waals surface area contributed by atoms with Crippen molar-refractivity contribution >= 4 is 21.7 Å². The van der Waals surface area contributed by atoms with E-state index >= 15 is 0 Å². The van der Waals surface area contributed by atoms with Crippen molar-refractivity contribution in [2.24, 2.45) is 0 Å². The van der Waals surface area contributed by atoms with Crippen molar-refractivity contribution in [2.45, 2.75) is 25.6 Å². The molecule has 18 heavy (non-hydrogen) atoms. The average Bonchev–Trinajstić information content (AvgIpc) is 2.80. The minimum Gasteiger partial charge on any atom is -0.355 e. The molecule has 1 aromatic rings. The van der Waals surface area contributed by atoms with Crippen LogP contribution in [0.15, 0.2) is 16.7 Å². The van der Waals surface area contributed by atoms with Crippen molar-refractivity contribution in [3.05, 3.63) is 22.3 Å². The maximum Gasteiger partial charge on any atom is 0.171 e. The van der Waals surface area contributed by atoms with Crippen molar-refractivity contribution in [3.63, 3.8) is 0 Å². The van der Waals surface area contributed by atoms with Crippen LogP contribution in [0.5, 0.6) is 0 Å². The number of piperidine rings is 1. The Morgan fingerprint density at radius 2 is 1.94 bits per heavy atom. The minimum atomic E-state index is -0.312. The zero-order valence-corrected chi connectivity index (χ0v) is 12.1. The molecule has 1 spiro atoms. The lowest BCUT2D eigenvalue weighted by Gasteiger charge is -2.38. The van der Waals surface area contributed by atoms with Crippen molar-refractivity contribution in [1.82, 2.24) is 4.98 Å². The Balaban J connectivity index is 1.72. The smallest absolute Gasteiger partial charge is 0.171 e. The molecule has 0 bridgehead atoms. The van der Waals surface area contributed by atoms with E-state index in [4.69, 9.17) is 9.47 Å². The van der Waals surface area contributed by atoms with Gasteiger partial charge in [-0.15, -0.1) is 0 Å². The molecule has 5 heteroatoms. The van der Waals surface area contributed by atoms with Gasteiger partial charge in [-0.1, -0.05) is 0 Å². The van der Waals surface area contributed by atoms with Crippen LogP contribution in [0.4, 0.5) is 5.82 Å². The van der Waals surface area contributed by atoms with Gasteiger partial charge in [-0.05, 0) is 34.5 Å². The summed E-state index contributed by atoms with van der Waals surface area (Å²) in [5.74, 6) is 0.710. The summed E-state index contributed by atoms with van der Waals surface area (Å²) in [5.41, 5.74) is 1.17. The van der Waals surface area contributed by atoms with Crippen LogP contribution >= 0.6 is 15.9 Å². The zero-order valence-electron chi connectivity index (χ0n) is 10.5. The quantitative estimate of drug-likeness (QED) is 0.798. The van der Waals surface area contributed by atoms with Crippen LogP contribution in [0, 0.1) is 6.92 Å². The number of aromatic nitrogens is 1. The molecule has 2 aliphatic heterocycles. The minimum absolute atomic E-state index is 0.312. The van der Waals surface area contributed by atoms with E-state index in [0.717, 1.165) is 49.4 Å². The molecule has 2 saturated heterocycles. The highest BCUT2D eigenvalue weighted by Crippen LogP contribution is 2.34. The molecule has 0 amide bonds. The molecule has 4 nitrogen and oxygen atoms in total. The Morgan fingerprint density at radius 3 is 2.56 bits per heavy atom. The number of hydrogen-bond donors (Lipinski definition) is 0. The summed E-state index contributed by atoms with van der Waals surface area (Å²) < 4.78 is 12.5. The third-order valence-corrected chi connectivity index (χ3v) is 4.18.